The monoisotopic (exact) mass is 262 g/mol. The molecule has 1 rings (SSSR count). The standard InChI is InChI=1S/C8H9FO.CF4.CH3F/c1-7-2-4-8(5-3-7)10-6-9;2-1(3,4)5;1-2/h2-5H,6H2,1H3;;1H3. The second-order valence-corrected chi connectivity index (χ2v) is 2.50. The van der Waals surface area contributed by atoms with Gasteiger partial charge in [-0.15, -0.1) is 17.6 Å². The van der Waals surface area contributed by atoms with E-state index in [1.165, 1.54) is 0 Å². The highest BCUT2D eigenvalue weighted by atomic mass is 19.5. The highest BCUT2D eigenvalue weighted by Gasteiger charge is 2.24. The summed E-state index contributed by atoms with van der Waals surface area (Å²) < 4.78 is 64.4. The summed E-state index contributed by atoms with van der Waals surface area (Å²) in [5.41, 5.74) is 1.14. The molecule has 0 aliphatic rings. The Labute approximate surface area is 95.0 Å². The van der Waals surface area contributed by atoms with Gasteiger partial charge < -0.3 is 4.74 Å². The Kier molecular flexibility index (Phi) is 10.4. The summed E-state index contributed by atoms with van der Waals surface area (Å²) in [6.45, 7) is 1.21. The van der Waals surface area contributed by atoms with E-state index in [4.69, 9.17) is 0 Å². The lowest BCUT2D eigenvalue weighted by Gasteiger charge is -1.99. The molecular weight excluding hydrogens is 250 g/mol. The van der Waals surface area contributed by atoms with Gasteiger partial charge in [0.25, 0.3) is 0 Å². The molecule has 0 saturated heterocycles. The van der Waals surface area contributed by atoms with Crippen molar-refractivity contribution in [3.05, 3.63) is 29.8 Å². The van der Waals surface area contributed by atoms with E-state index < -0.39 is 13.3 Å². The SMILES string of the molecule is CF.Cc1ccc(OCF)cc1.FC(F)(F)F. The molecule has 0 heterocycles. The van der Waals surface area contributed by atoms with Crippen LogP contribution in [0.15, 0.2) is 24.3 Å². The van der Waals surface area contributed by atoms with Crippen molar-refractivity contribution in [3.8, 4) is 5.75 Å². The predicted octanol–water partition coefficient (Wildman–Crippen LogP) is 4.36. The Balaban J connectivity index is 0. The van der Waals surface area contributed by atoms with Gasteiger partial charge in [0.05, 0.1) is 7.18 Å². The van der Waals surface area contributed by atoms with Crippen LogP contribution in [0.4, 0.5) is 26.3 Å². The van der Waals surface area contributed by atoms with E-state index in [0.29, 0.717) is 12.9 Å². The summed E-state index contributed by atoms with van der Waals surface area (Å²) in [6.07, 6.45) is -5.50. The molecule has 0 fully saturated rings. The molecule has 1 nitrogen and oxygen atoms in total. The van der Waals surface area contributed by atoms with Crippen LogP contribution >= 0.6 is 0 Å². The minimum Gasteiger partial charge on any atom is -0.463 e. The second kappa shape index (κ2) is 9.80. The molecule has 0 saturated carbocycles. The van der Waals surface area contributed by atoms with Crippen LogP contribution in [-0.2, 0) is 0 Å². The average molecular weight is 262 g/mol. The number of benzene rings is 1. The van der Waals surface area contributed by atoms with E-state index in [1.807, 2.05) is 19.1 Å². The van der Waals surface area contributed by atoms with Crippen molar-refractivity contribution in [2.75, 3.05) is 14.0 Å². The van der Waals surface area contributed by atoms with Gasteiger partial charge in [0.15, 0.2) is 0 Å². The Hall–Kier alpha value is -1.40. The molecule has 0 N–H and O–H groups in total. The largest absolute Gasteiger partial charge is 0.559 e. The van der Waals surface area contributed by atoms with E-state index in [-0.39, 0.29) is 0 Å². The van der Waals surface area contributed by atoms with Crippen LogP contribution in [0.5, 0.6) is 5.75 Å². The number of hydrogen-bond acceptors (Lipinski definition) is 1. The fourth-order valence-electron chi connectivity index (χ4n) is 0.697. The number of ether oxygens (including phenoxy) is 1. The zero-order valence-electron chi connectivity index (χ0n) is 9.19. The van der Waals surface area contributed by atoms with Gasteiger partial charge in [0, 0.05) is 0 Å². The van der Waals surface area contributed by atoms with Gasteiger partial charge in [0.2, 0.25) is 6.86 Å². The zero-order chi connectivity index (χ0) is 13.9. The molecular formula is C10H12F6O. The first-order valence-electron chi connectivity index (χ1n) is 4.22. The summed E-state index contributed by atoms with van der Waals surface area (Å²) in [7, 11) is 0.500. The normalized spacial score (nSPS) is 9.41. The van der Waals surface area contributed by atoms with Crippen molar-refractivity contribution >= 4 is 0 Å². The molecule has 0 aliphatic heterocycles. The minimum atomic E-state index is -5.50. The molecule has 100 valence electrons. The van der Waals surface area contributed by atoms with E-state index in [9.17, 15) is 26.3 Å². The maximum absolute atomic E-state index is 11.6. The fourth-order valence-corrected chi connectivity index (χ4v) is 0.697. The van der Waals surface area contributed by atoms with Crippen molar-refractivity contribution in [1.82, 2.24) is 0 Å². The average Bonchev–Trinajstić information content (AvgIpc) is 2.22. The molecule has 17 heavy (non-hydrogen) atoms. The van der Waals surface area contributed by atoms with Crippen LogP contribution in [0.25, 0.3) is 0 Å². The van der Waals surface area contributed by atoms with Gasteiger partial charge in [-0.05, 0) is 19.1 Å². The van der Waals surface area contributed by atoms with E-state index in [0.717, 1.165) is 5.56 Å². The zero-order valence-corrected chi connectivity index (χ0v) is 9.19. The molecule has 0 amide bonds. The first-order valence-corrected chi connectivity index (χ1v) is 4.22. The molecule has 0 atom stereocenters. The lowest BCUT2D eigenvalue weighted by molar-refractivity contribution is -0.237. The number of rotatable bonds is 2. The van der Waals surface area contributed by atoms with E-state index in [2.05, 4.69) is 4.74 Å². The minimum absolute atomic E-state index is 0.500. The number of halogens is 6. The summed E-state index contributed by atoms with van der Waals surface area (Å²) in [5, 5.41) is 0. The third-order valence-electron chi connectivity index (χ3n) is 1.24. The molecule has 0 spiro atoms. The molecule has 1 aromatic carbocycles. The van der Waals surface area contributed by atoms with Crippen molar-refractivity contribution in [2.24, 2.45) is 0 Å². The Morgan fingerprint density at radius 3 is 1.65 bits per heavy atom. The van der Waals surface area contributed by atoms with Gasteiger partial charge in [0.1, 0.15) is 5.75 Å². The molecule has 1 aromatic rings. The lowest BCUT2D eigenvalue weighted by Crippen LogP contribution is -1.92. The van der Waals surface area contributed by atoms with E-state index in [1.54, 1.807) is 12.1 Å². The maximum atomic E-state index is 11.6. The van der Waals surface area contributed by atoms with Crippen LogP contribution in [0, 0.1) is 6.92 Å². The third kappa shape index (κ3) is 17.2. The summed E-state index contributed by atoms with van der Waals surface area (Å²) >= 11 is 0. The van der Waals surface area contributed by atoms with Crippen LogP contribution in [-0.4, -0.2) is 20.5 Å². The van der Waals surface area contributed by atoms with Crippen LogP contribution < -0.4 is 4.74 Å². The van der Waals surface area contributed by atoms with Crippen molar-refractivity contribution in [3.63, 3.8) is 0 Å². The number of hydrogen-bond donors (Lipinski definition) is 0. The fraction of sp³-hybridized carbons (Fsp3) is 0.400. The summed E-state index contributed by atoms with van der Waals surface area (Å²) in [6, 6.07) is 7.25. The molecule has 0 radical (unpaired) electrons. The molecule has 0 aromatic heterocycles. The number of aryl methyl sites for hydroxylation is 1. The summed E-state index contributed by atoms with van der Waals surface area (Å²) in [4.78, 5) is 0. The first kappa shape index (κ1) is 18.0. The van der Waals surface area contributed by atoms with E-state index >= 15 is 0 Å². The first-order chi connectivity index (χ1) is 7.83. The smallest absolute Gasteiger partial charge is 0.463 e. The highest BCUT2D eigenvalue weighted by molar-refractivity contribution is 5.25. The van der Waals surface area contributed by atoms with Gasteiger partial charge in [-0.1, -0.05) is 17.7 Å². The molecule has 7 heteroatoms. The third-order valence-corrected chi connectivity index (χ3v) is 1.24. The van der Waals surface area contributed by atoms with Gasteiger partial charge in [-0.2, -0.15) is 0 Å². The predicted molar refractivity (Wildman–Crippen MR) is 52.0 cm³/mol. The van der Waals surface area contributed by atoms with Crippen molar-refractivity contribution < 1.29 is 31.1 Å². The second-order valence-electron chi connectivity index (χ2n) is 2.50. The number of alkyl halides is 6. The molecule has 0 bridgehead atoms. The van der Waals surface area contributed by atoms with Gasteiger partial charge >= 0.3 is 6.43 Å². The Bertz CT molecular complexity index is 263. The molecule has 0 aliphatic carbocycles. The summed E-state index contributed by atoms with van der Waals surface area (Å²) in [5.74, 6) is 0.577. The Morgan fingerprint density at radius 2 is 1.35 bits per heavy atom. The lowest BCUT2D eigenvalue weighted by atomic mass is 10.2. The highest BCUT2D eigenvalue weighted by Crippen LogP contribution is 2.13. The van der Waals surface area contributed by atoms with Crippen molar-refractivity contribution in [2.45, 2.75) is 13.4 Å². The molecule has 0 unspecified atom stereocenters. The van der Waals surface area contributed by atoms with Gasteiger partial charge in [-0.25, -0.2) is 4.39 Å². The Morgan fingerprint density at radius 1 is 1.00 bits per heavy atom. The quantitative estimate of drug-likeness (QED) is 0.719. The van der Waals surface area contributed by atoms with Gasteiger partial charge in [-0.3, -0.25) is 4.39 Å². The topological polar surface area (TPSA) is 9.23 Å². The van der Waals surface area contributed by atoms with Crippen molar-refractivity contribution in [1.29, 1.82) is 0 Å². The maximum Gasteiger partial charge on any atom is 0.559 e. The van der Waals surface area contributed by atoms with Crippen LogP contribution in [0.1, 0.15) is 5.56 Å². The van der Waals surface area contributed by atoms with Crippen LogP contribution in [0.2, 0.25) is 0 Å². The van der Waals surface area contributed by atoms with Crippen LogP contribution in [0.3, 0.4) is 0 Å².